The number of hydrogen-bond donors (Lipinski definition) is 1. The number of pyridine rings is 2. The Morgan fingerprint density at radius 1 is 1.00 bits per heavy atom. The third kappa shape index (κ3) is 3.01. The minimum absolute atomic E-state index is 0.646. The average molecular weight is 293 g/mol. The SMILES string of the molecule is CCOc1ccc2nc(C)cc(Nc3cccc(C)n3)c2c1. The van der Waals surface area contributed by atoms with Crippen molar-refractivity contribution in [3.63, 3.8) is 0 Å². The monoisotopic (exact) mass is 293 g/mol. The predicted octanol–water partition coefficient (Wildman–Crippen LogP) is 4.39. The number of rotatable bonds is 4. The highest BCUT2D eigenvalue weighted by molar-refractivity contribution is 5.93. The molecule has 2 aromatic heterocycles. The molecule has 3 rings (SSSR count). The Morgan fingerprint density at radius 3 is 2.64 bits per heavy atom. The van der Waals surface area contributed by atoms with E-state index in [1.54, 1.807) is 0 Å². The molecule has 2 heterocycles. The predicted molar refractivity (Wildman–Crippen MR) is 89.9 cm³/mol. The second-order valence-electron chi connectivity index (χ2n) is 5.21. The Bertz CT molecular complexity index is 815. The first-order chi connectivity index (χ1) is 10.7. The van der Waals surface area contributed by atoms with Crippen LogP contribution in [0.2, 0.25) is 0 Å². The highest BCUT2D eigenvalue weighted by Gasteiger charge is 2.07. The number of aromatic nitrogens is 2. The molecule has 0 radical (unpaired) electrons. The molecule has 0 spiro atoms. The van der Waals surface area contributed by atoms with Gasteiger partial charge in [-0.05, 0) is 57.2 Å². The zero-order chi connectivity index (χ0) is 15.5. The Hall–Kier alpha value is -2.62. The molecule has 0 atom stereocenters. The van der Waals surface area contributed by atoms with Crippen LogP contribution < -0.4 is 10.1 Å². The van der Waals surface area contributed by atoms with Crippen LogP contribution in [0.1, 0.15) is 18.3 Å². The van der Waals surface area contributed by atoms with Gasteiger partial charge in [-0.3, -0.25) is 4.98 Å². The second-order valence-corrected chi connectivity index (χ2v) is 5.21. The quantitative estimate of drug-likeness (QED) is 0.775. The number of nitrogens with one attached hydrogen (secondary N) is 1. The summed E-state index contributed by atoms with van der Waals surface area (Å²) in [4.78, 5) is 9.08. The van der Waals surface area contributed by atoms with Gasteiger partial charge in [0.1, 0.15) is 11.6 Å². The fourth-order valence-corrected chi connectivity index (χ4v) is 2.45. The fourth-order valence-electron chi connectivity index (χ4n) is 2.45. The Morgan fingerprint density at radius 2 is 1.86 bits per heavy atom. The van der Waals surface area contributed by atoms with Crippen LogP contribution in [0.5, 0.6) is 5.75 Å². The van der Waals surface area contributed by atoms with E-state index in [2.05, 4.69) is 15.3 Å². The standard InChI is InChI=1S/C18H19N3O/c1-4-22-14-8-9-16-15(11-14)17(10-13(3)19-16)21-18-7-5-6-12(2)20-18/h5-11H,4H2,1-3H3,(H,19,20,21). The van der Waals surface area contributed by atoms with E-state index in [0.29, 0.717) is 6.61 Å². The molecule has 0 aliphatic rings. The van der Waals surface area contributed by atoms with E-state index >= 15 is 0 Å². The van der Waals surface area contributed by atoms with Gasteiger partial charge in [-0.1, -0.05) is 6.07 Å². The van der Waals surface area contributed by atoms with E-state index in [0.717, 1.165) is 39.5 Å². The van der Waals surface area contributed by atoms with Crippen molar-refractivity contribution in [1.29, 1.82) is 0 Å². The molecule has 1 N–H and O–H groups in total. The molecule has 4 nitrogen and oxygen atoms in total. The van der Waals surface area contributed by atoms with Gasteiger partial charge < -0.3 is 10.1 Å². The average Bonchev–Trinajstić information content (AvgIpc) is 2.48. The summed E-state index contributed by atoms with van der Waals surface area (Å²) in [6.45, 7) is 6.60. The molecule has 112 valence electrons. The largest absolute Gasteiger partial charge is 0.494 e. The van der Waals surface area contributed by atoms with Gasteiger partial charge in [-0.15, -0.1) is 0 Å². The summed E-state index contributed by atoms with van der Waals surface area (Å²) in [5, 5.41) is 4.42. The van der Waals surface area contributed by atoms with Gasteiger partial charge in [0.05, 0.1) is 17.8 Å². The summed E-state index contributed by atoms with van der Waals surface area (Å²) in [6.07, 6.45) is 0. The van der Waals surface area contributed by atoms with E-state index in [9.17, 15) is 0 Å². The Balaban J connectivity index is 2.08. The number of hydrogen-bond acceptors (Lipinski definition) is 4. The molecule has 1 aromatic carbocycles. The van der Waals surface area contributed by atoms with Gasteiger partial charge in [0.2, 0.25) is 0 Å². The van der Waals surface area contributed by atoms with E-state index in [1.807, 2.05) is 63.2 Å². The smallest absolute Gasteiger partial charge is 0.130 e. The summed E-state index contributed by atoms with van der Waals surface area (Å²) in [5.41, 5.74) is 3.88. The number of benzene rings is 1. The number of aryl methyl sites for hydroxylation is 2. The van der Waals surface area contributed by atoms with E-state index in [1.165, 1.54) is 0 Å². The molecule has 4 heteroatoms. The first-order valence-corrected chi connectivity index (χ1v) is 7.40. The van der Waals surface area contributed by atoms with E-state index in [-0.39, 0.29) is 0 Å². The Kier molecular flexibility index (Phi) is 3.92. The first-order valence-electron chi connectivity index (χ1n) is 7.40. The highest BCUT2D eigenvalue weighted by Crippen LogP contribution is 2.29. The van der Waals surface area contributed by atoms with Gasteiger partial charge in [0.25, 0.3) is 0 Å². The summed E-state index contributed by atoms with van der Waals surface area (Å²) in [5.74, 6) is 1.68. The molecule has 0 unspecified atom stereocenters. The van der Waals surface area contributed by atoms with Crippen LogP contribution in [0.25, 0.3) is 10.9 Å². The topological polar surface area (TPSA) is 47.0 Å². The lowest BCUT2D eigenvalue weighted by molar-refractivity contribution is 0.340. The molecule has 0 aliphatic heterocycles. The van der Waals surface area contributed by atoms with Crippen molar-refractivity contribution < 1.29 is 4.74 Å². The van der Waals surface area contributed by atoms with Crippen molar-refractivity contribution in [3.05, 3.63) is 53.9 Å². The van der Waals surface area contributed by atoms with Crippen molar-refractivity contribution in [2.45, 2.75) is 20.8 Å². The lowest BCUT2D eigenvalue weighted by atomic mass is 10.1. The van der Waals surface area contributed by atoms with Crippen LogP contribution in [-0.2, 0) is 0 Å². The van der Waals surface area contributed by atoms with E-state index in [4.69, 9.17) is 4.74 Å². The molecule has 0 bridgehead atoms. The van der Waals surface area contributed by atoms with Crippen LogP contribution in [-0.4, -0.2) is 16.6 Å². The zero-order valence-electron chi connectivity index (χ0n) is 13.1. The van der Waals surface area contributed by atoms with Gasteiger partial charge in [-0.25, -0.2) is 4.98 Å². The van der Waals surface area contributed by atoms with Crippen LogP contribution in [0, 0.1) is 13.8 Å². The maximum Gasteiger partial charge on any atom is 0.130 e. The third-order valence-electron chi connectivity index (χ3n) is 3.37. The molecule has 3 aromatic rings. The van der Waals surface area contributed by atoms with Crippen molar-refractivity contribution in [3.8, 4) is 5.75 Å². The fraction of sp³-hybridized carbons (Fsp3) is 0.222. The van der Waals surface area contributed by atoms with Crippen LogP contribution in [0.4, 0.5) is 11.5 Å². The summed E-state index contributed by atoms with van der Waals surface area (Å²) in [7, 11) is 0. The molecule has 22 heavy (non-hydrogen) atoms. The van der Waals surface area contributed by atoms with Crippen LogP contribution >= 0.6 is 0 Å². The molecule has 0 saturated carbocycles. The maximum absolute atomic E-state index is 5.60. The van der Waals surface area contributed by atoms with Crippen molar-refractivity contribution in [2.75, 3.05) is 11.9 Å². The second kappa shape index (κ2) is 6.02. The summed E-state index contributed by atoms with van der Waals surface area (Å²) in [6, 6.07) is 13.9. The lowest BCUT2D eigenvalue weighted by Crippen LogP contribution is -1.98. The van der Waals surface area contributed by atoms with Crippen molar-refractivity contribution >= 4 is 22.4 Å². The van der Waals surface area contributed by atoms with Gasteiger partial charge in [0, 0.05) is 16.8 Å². The Labute approximate surface area is 130 Å². The van der Waals surface area contributed by atoms with Gasteiger partial charge in [0.15, 0.2) is 0 Å². The summed E-state index contributed by atoms with van der Waals surface area (Å²) >= 11 is 0. The van der Waals surface area contributed by atoms with Crippen molar-refractivity contribution in [1.82, 2.24) is 9.97 Å². The number of fused-ring (bicyclic) bond motifs is 1. The van der Waals surface area contributed by atoms with Crippen LogP contribution in [0.3, 0.4) is 0 Å². The molecule has 0 aliphatic carbocycles. The molecular formula is C18H19N3O. The molecule has 0 saturated heterocycles. The number of nitrogens with zero attached hydrogens (tertiary/aromatic N) is 2. The van der Waals surface area contributed by atoms with Gasteiger partial charge in [-0.2, -0.15) is 0 Å². The maximum atomic E-state index is 5.60. The molecular weight excluding hydrogens is 274 g/mol. The first kappa shape index (κ1) is 14.3. The third-order valence-corrected chi connectivity index (χ3v) is 3.37. The number of ether oxygens (including phenoxy) is 1. The van der Waals surface area contributed by atoms with Gasteiger partial charge >= 0.3 is 0 Å². The molecule has 0 amide bonds. The highest BCUT2D eigenvalue weighted by atomic mass is 16.5. The van der Waals surface area contributed by atoms with Crippen LogP contribution in [0.15, 0.2) is 42.5 Å². The van der Waals surface area contributed by atoms with E-state index < -0.39 is 0 Å². The zero-order valence-corrected chi connectivity index (χ0v) is 13.1. The number of anilines is 2. The minimum Gasteiger partial charge on any atom is -0.494 e. The minimum atomic E-state index is 0.646. The molecule has 0 fully saturated rings. The van der Waals surface area contributed by atoms with Crippen molar-refractivity contribution in [2.24, 2.45) is 0 Å². The normalized spacial score (nSPS) is 10.7. The lowest BCUT2D eigenvalue weighted by Gasteiger charge is -2.12. The summed E-state index contributed by atoms with van der Waals surface area (Å²) < 4.78 is 5.60.